The average molecular weight is 278 g/mol. The van der Waals surface area contributed by atoms with E-state index in [0.717, 1.165) is 28.0 Å². The van der Waals surface area contributed by atoms with Crippen molar-refractivity contribution < 1.29 is 4.74 Å². The van der Waals surface area contributed by atoms with Crippen LogP contribution in [0.25, 0.3) is 11.0 Å². The van der Waals surface area contributed by atoms with E-state index in [4.69, 9.17) is 17.0 Å². The van der Waals surface area contributed by atoms with Crippen LogP contribution in [-0.4, -0.2) is 16.7 Å². The molecule has 1 aromatic carbocycles. The van der Waals surface area contributed by atoms with Crippen LogP contribution in [0, 0.1) is 10.7 Å². The molecule has 2 atom stereocenters. The maximum Gasteiger partial charge on any atom is 0.178 e. The first-order valence-corrected chi connectivity index (χ1v) is 7.26. The summed E-state index contributed by atoms with van der Waals surface area (Å²) >= 11 is 5.48. The second-order valence-corrected chi connectivity index (χ2v) is 5.64. The topological polar surface area (TPSA) is 29.9 Å². The number of aromatic nitrogens is 2. The van der Waals surface area contributed by atoms with Crippen molar-refractivity contribution in [2.75, 3.05) is 7.11 Å². The van der Waals surface area contributed by atoms with Gasteiger partial charge in [0, 0.05) is 6.04 Å². The van der Waals surface area contributed by atoms with Crippen LogP contribution in [0.2, 0.25) is 0 Å². The summed E-state index contributed by atoms with van der Waals surface area (Å²) in [6.07, 6.45) is 2.33. The summed E-state index contributed by atoms with van der Waals surface area (Å²) in [5, 5.41) is 0. The summed E-state index contributed by atoms with van der Waals surface area (Å²) in [5.41, 5.74) is 2.12. The molecule has 0 fully saturated rings. The first kappa shape index (κ1) is 14.1. The number of nitrogens with one attached hydrogen (secondary N) is 1. The zero-order chi connectivity index (χ0) is 14.0. The van der Waals surface area contributed by atoms with E-state index in [1.807, 2.05) is 12.1 Å². The summed E-state index contributed by atoms with van der Waals surface area (Å²) in [6, 6.07) is 6.45. The Kier molecular flexibility index (Phi) is 4.30. The molecule has 19 heavy (non-hydrogen) atoms. The average Bonchev–Trinajstić information content (AvgIpc) is 2.74. The standard InChI is InChI=1S/C15H22N2OS/c1-5-10(2)9-11(3)17-12-7-6-8-13(18-4)14(12)16-15(17)19/h6-8,10-11H,5,9H2,1-4H3,(H,16,19). The smallest absolute Gasteiger partial charge is 0.178 e. The van der Waals surface area contributed by atoms with E-state index in [1.54, 1.807) is 7.11 Å². The molecule has 0 aliphatic heterocycles. The Labute approximate surface area is 119 Å². The number of ether oxygens (including phenoxy) is 1. The second kappa shape index (κ2) is 5.78. The van der Waals surface area contributed by atoms with Gasteiger partial charge >= 0.3 is 0 Å². The van der Waals surface area contributed by atoms with Crippen molar-refractivity contribution in [3.8, 4) is 5.75 Å². The van der Waals surface area contributed by atoms with Crippen LogP contribution in [0.15, 0.2) is 18.2 Å². The number of hydrogen-bond acceptors (Lipinski definition) is 2. The maximum absolute atomic E-state index is 5.48. The van der Waals surface area contributed by atoms with Gasteiger partial charge in [0.15, 0.2) is 4.77 Å². The molecule has 0 saturated carbocycles. The van der Waals surface area contributed by atoms with Crippen molar-refractivity contribution in [3.05, 3.63) is 23.0 Å². The van der Waals surface area contributed by atoms with Crippen molar-refractivity contribution in [1.29, 1.82) is 0 Å². The van der Waals surface area contributed by atoms with Gasteiger partial charge in [0.05, 0.1) is 12.6 Å². The van der Waals surface area contributed by atoms with E-state index < -0.39 is 0 Å². The molecule has 0 saturated heterocycles. The van der Waals surface area contributed by atoms with Gasteiger partial charge in [-0.25, -0.2) is 0 Å². The fraction of sp³-hybridized carbons (Fsp3) is 0.533. The predicted molar refractivity (Wildman–Crippen MR) is 82.5 cm³/mol. The highest BCUT2D eigenvalue weighted by Gasteiger charge is 2.15. The molecule has 0 radical (unpaired) electrons. The number of para-hydroxylation sites is 1. The first-order chi connectivity index (χ1) is 9.08. The van der Waals surface area contributed by atoms with Gasteiger partial charge in [-0.1, -0.05) is 26.3 Å². The minimum absolute atomic E-state index is 0.392. The maximum atomic E-state index is 5.48. The summed E-state index contributed by atoms with van der Waals surface area (Å²) in [6.45, 7) is 6.75. The lowest BCUT2D eigenvalue weighted by molar-refractivity contribution is 0.402. The molecule has 0 bridgehead atoms. The van der Waals surface area contributed by atoms with Crippen molar-refractivity contribution >= 4 is 23.3 Å². The number of methoxy groups -OCH3 is 1. The zero-order valence-electron chi connectivity index (χ0n) is 12.1. The highest BCUT2D eigenvalue weighted by Crippen LogP contribution is 2.29. The Bertz CT molecular complexity index is 614. The van der Waals surface area contributed by atoms with Crippen molar-refractivity contribution in [1.82, 2.24) is 9.55 Å². The Morgan fingerprint density at radius 3 is 2.74 bits per heavy atom. The number of benzene rings is 1. The molecule has 4 heteroatoms. The van der Waals surface area contributed by atoms with Gasteiger partial charge in [0.1, 0.15) is 11.3 Å². The Morgan fingerprint density at radius 2 is 2.11 bits per heavy atom. The third-order valence-corrected chi connectivity index (χ3v) is 4.11. The highest BCUT2D eigenvalue weighted by atomic mass is 32.1. The van der Waals surface area contributed by atoms with E-state index in [9.17, 15) is 0 Å². The molecule has 2 aromatic rings. The number of H-pyrrole nitrogens is 1. The molecule has 0 aliphatic carbocycles. The monoisotopic (exact) mass is 278 g/mol. The largest absolute Gasteiger partial charge is 0.494 e. The van der Waals surface area contributed by atoms with E-state index in [-0.39, 0.29) is 0 Å². The van der Waals surface area contributed by atoms with Crippen LogP contribution >= 0.6 is 12.2 Å². The molecule has 1 aromatic heterocycles. The SMILES string of the molecule is CCC(C)CC(C)n1c(=S)[nH]c2c(OC)cccc21. The number of hydrogen-bond donors (Lipinski definition) is 1. The minimum Gasteiger partial charge on any atom is -0.494 e. The second-order valence-electron chi connectivity index (χ2n) is 5.25. The first-order valence-electron chi connectivity index (χ1n) is 6.85. The molecule has 2 rings (SSSR count). The number of aromatic amines is 1. The Hall–Kier alpha value is -1.29. The molecule has 104 valence electrons. The quantitative estimate of drug-likeness (QED) is 0.803. The van der Waals surface area contributed by atoms with Gasteiger partial charge in [-0.3, -0.25) is 0 Å². The van der Waals surface area contributed by atoms with Crippen molar-refractivity contribution in [3.63, 3.8) is 0 Å². The normalized spacial score (nSPS) is 14.5. The van der Waals surface area contributed by atoms with Crippen LogP contribution in [0.1, 0.15) is 39.7 Å². The predicted octanol–water partition coefficient (Wildman–Crippen LogP) is 4.70. The fourth-order valence-electron chi connectivity index (χ4n) is 2.58. The molecular formula is C15H22N2OS. The highest BCUT2D eigenvalue weighted by molar-refractivity contribution is 7.71. The molecule has 3 nitrogen and oxygen atoms in total. The molecule has 0 aliphatic rings. The summed E-state index contributed by atoms with van der Waals surface area (Å²) in [4.78, 5) is 3.27. The third-order valence-electron chi connectivity index (χ3n) is 3.82. The number of rotatable bonds is 5. The lowest BCUT2D eigenvalue weighted by atomic mass is 10.0. The summed E-state index contributed by atoms with van der Waals surface area (Å²) in [5.74, 6) is 1.55. The van der Waals surface area contributed by atoms with Gasteiger partial charge in [-0.15, -0.1) is 0 Å². The van der Waals surface area contributed by atoms with Gasteiger partial charge in [0.2, 0.25) is 0 Å². The number of fused-ring (bicyclic) bond motifs is 1. The van der Waals surface area contributed by atoms with Crippen molar-refractivity contribution in [2.24, 2.45) is 5.92 Å². The molecule has 1 N–H and O–H groups in total. The minimum atomic E-state index is 0.392. The number of imidazole rings is 1. The van der Waals surface area contributed by atoms with Crippen LogP contribution in [-0.2, 0) is 0 Å². The molecule has 1 heterocycles. The van der Waals surface area contributed by atoms with Gasteiger partial charge in [0.25, 0.3) is 0 Å². The molecule has 2 unspecified atom stereocenters. The Balaban J connectivity index is 2.49. The zero-order valence-corrected chi connectivity index (χ0v) is 12.9. The van der Waals surface area contributed by atoms with Gasteiger partial charge < -0.3 is 14.3 Å². The third kappa shape index (κ3) is 2.68. The van der Waals surface area contributed by atoms with E-state index in [2.05, 4.69) is 36.4 Å². The van der Waals surface area contributed by atoms with Crippen LogP contribution in [0.3, 0.4) is 0 Å². The summed E-state index contributed by atoms with van der Waals surface area (Å²) in [7, 11) is 1.69. The van der Waals surface area contributed by atoms with Crippen LogP contribution in [0.5, 0.6) is 5.75 Å². The lowest BCUT2D eigenvalue weighted by Gasteiger charge is -2.18. The Morgan fingerprint density at radius 1 is 1.37 bits per heavy atom. The molecule has 0 amide bonds. The summed E-state index contributed by atoms with van der Waals surface area (Å²) < 4.78 is 8.37. The van der Waals surface area contributed by atoms with E-state index >= 15 is 0 Å². The number of nitrogens with zero attached hydrogens (tertiary/aromatic N) is 1. The van der Waals surface area contributed by atoms with Gasteiger partial charge in [-0.2, -0.15) is 0 Å². The van der Waals surface area contributed by atoms with Crippen LogP contribution < -0.4 is 4.74 Å². The van der Waals surface area contributed by atoms with Crippen molar-refractivity contribution in [2.45, 2.75) is 39.7 Å². The van der Waals surface area contributed by atoms with Gasteiger partial charge in [-0.05, 0) is 43.6 Å². The van der Waals surface area contributed by atoms with E-state index in [0.29, 0.717) is 12.0 Å². The lowest BCUT2D eigenvalue weighted by Crippen LogP contribution is -2.09. The van der Waals surface area contributed by atoms with Crippen LogP contribution in [0.4, 0.5) is 0 Å². The molecular weight excluding hydrogens is 256 g/mol. The molecule has 0 spiro atoms. The van der Waals surface area contributed by atoms with E-state index in [1.165, 1.54) is 6.42 Å². The fourth-order valence-corrected chi connectivity index (χ4v) is 2.96.